The molecule has 3 heterocycles. The maximum atomic E-state index is 12.1. The predicted molar refractivity (Wildman–Crippen MR) is 201 cm³/mol. The lowest BCUT2D eigenvalue weighted by molar-refractivity contribution is 0.0941. The smallest absolute Gasteiger partial charge is 0.239 e. The second kappa shape index (κ2) is 14.8. The van der Waals surface area contributed by atoms with Crippen molar-refractivity contribution in [3.8, 4) is 22.8 Å². The zero-order valence-corrected chi connectivity index (χ0v) is 33.1. The third kappa shape index (κ3) is 9.30. The molecule has 5 aromatic rings. The molecule has 0 saturated carbocycles. The molecule has 0 aliphatic heterocycles. The van der Waals surface area contributed by atoms with E-state index >= 15 is 0 Å². The molecule has 0 unspecified atom stereocenters. The minimum absolute atomic E-state index is 0.206. The van der Waals surface area contributed by atoms with E-state index in [0.29, 0.717) is 34.9 Å². The number of benzene rings is 2. The van der Waals surface area contributed by atoms with Crippen LogP contribution in [0.3, 0.4) is 0 Å². The van der Waals surface area contributed by atoms with Crippen LogP contribution in [0.25, 0.3) is 27.7 Å². The summed E-state index contributed by atoms with van der Waals surface area (Å²) in [5.41, 5.74) is 3.09. The molecule has 2 aromatic carbocycles. The summed E-state index contributed by atoms with van der Waals surface area (Å²) in [5.74, 6) is 1.38. The first-order valence-corrected chi connectivity index (χ1v) is 26.0. The van der Waals surface area contributed by atoms with Crippen molar-refractivity contribution in [3.05, 3.63) is 71.5 Å². The summed E-state index contributed by atoms with van der Waals surface area (Å²) in [7, 11) is -5.98. The Kier molecular flexibility index (Phi) is 11.1. The lowest BCUT2D eigenvalue weighted by Crippen LogP contribution is -2.33. The summed E-state index contributed by atoms with van der Waals surface area (Å²) in [6.45, 7) is 15.8. The minimum Gasteiger partial charge on any atom is -0.438 e. The Morgan fingerprint density at radius 1 is 0.875 bits per heavy atom. The number of nitrogens with zero attached hydrogens (tertiary/aromatic N) is 5. The first-order valence-electron chi connectivity index (χ1n) is 15.9. The van der Waals surface area contributed by atoms with Gasteiger partial charge in [0.25, 0.3) is 0 Å². The Labute approximate surface area is 293 Å². The number of aromatic nitrogens is 4. The Morgan fingerprint density at radius 3 is 2.10 bits per heavy atom. The normalized spacial score (nSPS) is 12.6. The van der Waals surface area contributed by atoms with Crippen molar-refractivity contribution in [2.45, 2.75) is 56.3 Å². The van der Waals surface area contributed by atoms with Gasteiger partial charge in [-0.2, -0.15) is 14.6 Å². The minimum atomic E-state index is -3.36. The zero-order valence-electron chi connectivity index (χ0n) is 28.7. The molecule has 3 aromatic heterocycles. The van der Waals surface area contributed by atoms with Crippen LogP contribution in [0.4, 0.5) is 5.82 Å². The number of hydrogen-bond donors (Lipinski definition) is 0. The van der Waals surface area contributed by atoms with Crippen LogP contribution in [0.1, 0.15) is 0 Å². The number of rotatable bonds is 15. The number of para-hydroxylation sites is 1. The van der Waals surface area contributed by atoms with Gasteiger partial charge >= 0.3 is 0 Å². The second-order valence-electron chi connectivity index (χ2n) is 14.3. The fourth-order valence-electron chi connectivity index (χ4n) is 4.83. The van der Waals surface area contributed by atoms with E-state index in [1.165, 1.54) is 18.4 Å². The summed E-state index contributed by atoms with van der Waals surface area (Å²) < 4.78 is 45.4. The van der Waals surface area contributed by atoms with E-state index in [9.17, 15) is 8.42 Å². The quantitative estimate of drug-likeness (QED) is 0.0590. The molecule has 0 spiro atoms. The molecule has 256 valence electrons. The molecule has 5 rings (SSSR count). The van der Waals surface area contributed by atoms with Crippen LogP contribution < -0.4 is 9.64 Å². The van der Waals surface area contributed by atoms with Gasteiger partial charge in [0.05, 0.1) is 16.6 Å². The van der Waals surface area contributed by atoms with Gasteiger partial charge in [-0.3, -0.25) is 4.98 Å². The van der Waals surface area contributed by atoms with Crippen molar-refractivity contribution in [2.75, 3.05) is 37.8 Å². The highest BCUT2D eigenvalue weighted by Crippen LogP contribution is 2.39. The van der Waals surface area contributed by atoms with Gasteiger partial charge in [0.15, 0.2) is 21.3 Å². The van der Waals surface area contributed by atoms with Crippen molar-refractivity contribution in [3.63, 3.8) is 0 Å². The van der Waals surface area contributed by atoms with Crippen LogP contribution in [-0.2, 0) is 19.3 Å². The fourth-order valence-corrected chi connectivity index (χ4v) is 7.57. The molecule has 0 aliphatic rings. The first-order chi connectivity index (χ1) is 22.6. The molecule has 0 atom stereocenters. The molecular weight excluding hydrogens is 727 g/mol. The Bertz CT molecular complexity index is 1970. The van der Waals surface area contributed by atoms with Crippen LogP contribution in [-0.4, -0.2) is 77.1 Å². The van der Waals surface area contributed by atoms with Gasteiger partial charge in [-0.15, -0.1) is 0 Å². The number of sulfone groups is 1. The van der Waals surface area contributed by atoms with E-state index in [0.717, 1.165) is 34.1 Å². The van der Waals surface area contributed by atoms with E-state index in [1.807, 2.05) is 35.4 Å². The molecule has 0 N–H and O–H groups in total. The lowest BCUT2D eigenvalue weighted by Gasteiger charge is -2.27. The maximum absolute atomic E-state index is 12.1. The summed E-state index contributed by atoms with van der Waals surface area (Å²) in [6, 6.07) is 18.4. The third-order valence-corrected chi connectivity index (χ3v) is 12.9. The molecule has 0 radical (unpaired) electrons. The molecule has 0 fully saturated rings. The highest BCUT2D eigenvalue weighted by molar-refractivity contribution is 9.10. The van der Waals surface area contributed by atoms with Crippen molar-refractivity contribution in [1.29, 1.82) is 0 Å². The summed E-state index contributed by atoms with van der Waals surface area (Å²) >= 11 is 3.79. The summed E-state index contributed by atoms with van der Waals surface area (Å²) in [5, 5.41) is 5.82. The van der Waals surface area contributed by atoms with Crippen LogP contribution in [0.2, 0.25) is 51.4 Å². The maximum Gasteiger partial charge on any atom is 0.239 e. The van der Waals surface area contributed by atoms with E-state index in [1.54, 1.807) is 22.8 Å². The van der Waals surface area contributed by atoms with Gasteiger partial charge in [-0.05, 0) is 64.4 Å². The topological polar surface area (TPSA) is 108 Å². The van der Waals surface area contributed by atoms with Gasteiger partial charge < -0.3 is 19.1 Å². The van der Waals surface area contributed by atoms with Crippen molar-refractivity contribution in [1.82, 2.24) is 19.6 Å². The van der Waals surface area contributed by atoms with Crippen LogP contribution in [0, 0.1) is 0 Å². The van der Waals surface area contributed by atoms with Gasteiger partial charge in [-0.1, -0.05) is 57.5 Å². The Morgan fingerprint density at radius 2 is 1.50 bits per heavy atom. The number of fused-ring (bicyclic) bond motifs is 2. The van der Waals surface area contributed by atoms with Crippen molar-refractivity contribution in [2.24, 2.45) is 0 Å². The average molecular weight is 771 g/mol. The molecule has 0 saturated heterocycles. The molecule has 14 heteroatoms. The summed E-state index contributed by atoms with van der Waals surface area (Å²) in [4.78, 5) is 11.8. The molecule has 48 heavy (non-hydrogen) atoms. The molecule has 10 nitrogen and oxygen atoms in total. The molecule has 0 aliphatic carbocycles. The SMILES string of the molecule is C[Si](C)(C)CCOCN(COCC[Si](C)(C)C)c1c(Br)c(Oc2ccc(S(C)(=O)=O)cc2)nc2c(-c3cnc4ccccc4c3)cnn12. The monoisotopic (exact) mass is 769 g/mol. The fraction of sp³-hybridized carbons (Fsp3) is 0.382. The van der Waals surface area contributed by atoms with Crippen LogP contribution >= 0.6 is 15.9 Å². The van der Waals surface area contributed by atoms with Crippen LogP contribution in [0.5, 0.6) is 11.6 Å². The highest BCUT2D eigenvalue weighted by Gasteiger charge is 2.25. The summed E-state index contributed by atoms with van der Waals surface area (Å²) in [6.07, 6.45) is 4.78. The molecule has 0 bridgehead atoms. The van der Waals surface area contributed by atoms with Gasteiger partial charge in [0, 0.05) is 58.3 Å². The zero-order chi connectivity index (χ0) is 34.7. The van der Waals surface area contributed by atoms with E-state index in [-0.39, 0.29) is 24.2 Å². The van der Waals surface area contributed by atoms with E-state index in [2.05, 4.69) is 66.3 Å². The highest BCUT2D eigenvalue weighted by atomic mass is 79.9. The second-order valence-corrected chi connectivity index (χ2v) is 28.4. The Balaban J connectivity index is 1.60. The molecular formula is C34H44BrN5O5SSi2. The molecule has 0 amide bonds. The number of pyridine rings is 1. The van der Waals surface area contributed by atoms with Crippen molar-refractivity contribution >= 4 is 64.3 Å². The van der Waals surface area contributed by atoms with E-state index < -0.39 is 26.0 Å². The number of halogens is 1. The lowest BCUT2D eigenvalue weighted by atomic mass is 10.1. The standard InChI is InChI=1S/C34H44BrN5O5SSi2/c1-46(41,42)28-14-12-27(13-15-28)45-33-31(35)34(39(23-43-16-18-47(2,3)4)24-44-17-19-48(5,6)7)40-32(38-33)29(22-37-40)26-20-25-10-8-9-11-30(25)36-21-26/h8-15,20-22H,16-19,23-24H2,1-7H3. The van der Waals surface area contributed by atoms with E-state index in [4.69, 9.17) is 24.3 Å². The largest absolute Gasteiger partial charge is 0.438 e. The average Bonchev–Trinajstić information content (AvgIpc) is 3.43. The van der Waals surface area contributed by atoms with Gasteiger partial charge in [-0.25, -0.2) is 8.42 Å². The third-order valence-electron chi connectivity index (χ3n) is 7.69. The predicted octanol–water partition coefficient (Wildman–Crippen LogP) is 8.33. The van der Waals surface area contributed by atoms with Crippen molar-refractivity contribution < 1.29 is 22.6 Å². The number of hydrogen-bond acceptors (Lipinski definition) is 9. The van der Waals surface area contributed by atoms with Gasteiger partial charge in [0.2, 0.25) is 5.88 Å². The van der Waals surface area contributed by atoms with Gasteiger partial charge in [0.1, 0.15) is 23.7 Å². The Hall–Kier alpha value is -3.15. The number of anilines is 1. The number of ether oxygens (including phenoxy) is 3. The first kappa shape index (κ1) is 36.1. The van der Waals surface area contributed by atoms with Crippen LogP contribution in [0.15, 0.2) is 76.4 Å².